The Balaban J connectivity index is 1.96. The molecule has 25 heavy (non-hydrogen) atoms. The lowest BCUT2D eigenvalue weighted by Crippen LogP contribution is -2.18. The zero-order valence-electron chi connectivity index (χ0n) is 13.7. The molecule has 5 heteroatoms. The van der Waals surface area contributed by atoms with E-state index >= 15 is 0 Å². The largest absolute Gasteiger partial charge is 0.508 e. The summed E-state index contributed by atoms with van der Waals surface area (Å²) in [6.07, 6.45) is 1.92. The molecule has 1 aromatic heterocycles. The van der Waals surface area contributed by atoms with Gasteiger partial charge in [-0.2, -0.15) is 5.26 Å². The lowest BCUT2D eigenvalue weighted by molar-refractivity contribution is -0.145. The van der Waals surface area contributed by atoms with Crippen molar-refractivity contribution in [3.63, 3.8) is 0 Å². The summed E-state index contributed by atoms with van der Waals surface area (Å²) in [7, 11) is 0. The number of carbonyl (C=O) groups excluding carboxylic acids is 1. The number of hydrogen-bond donors (Lipinski definition) is 1. The van der Waals surface area contributed by atoms with Crippen LogP contribution >= 0.6 is 0 Å². The molecule has 3 rings (SSSR count). The third-order valence-corrected chi connectivity index (χ3v) is 4.07. The van der Waals surface area contributed by atoms with E-state index in [9.17, 15) is 9.90 Å². The van der Waals surface area contributed by atoms with Crippen LogP contribution in [0.5, 0.6) is 5.75 Å². The van der Waals surface area contributed by atoms with Crippen LogP contribution < -0.4 is 0 Å². The number of benzene rings is 2. The summed E-state index contributed by atoms with van der Waals surface area (Å²) in [5.74, 6) is -0.0820. The van der Waals surface area contributed by atoms with Crippen molar-refractivity contribution >= 4 is 16.7 Å². The van der Waals surface area contributed by atoms with Crippen LogP contribution in [0.2, 0.25) is 0 Å². The van der Waals surface area contributed by atoms with Crippen LogP contribution in [-0.2, 0) is 16.0 Å². The number of phenolic OH excluding ortho intramolecular Hbond substituents is 1. The molecular weight excluding hydrogens is 318 g/mol. The highest BCUT2D eigenvalue weighted by Gasteiger charge is 2.25. The molecule has 0 aliphatic carbocycles. The number of nitriles is 1. The Kier molecular flexibility index (Phi) is 4.71. The average molecular weight is 335 g/mol. The Bertz CT molecular complexity index is 934. The predicted molar refractivity (Wildman–Crippen MR) is 92.1 cm³/mol. The molecule has 0 aliphatic rings. The molecule has 126 valence electrons. The maximum absolute atomic E-state index is 12.4. The standard InChI is InChI=1S/C20H17NO4/c1-2-24-20(23)18(14-4-6-16(22)7-5-14)10-19-17-8-3-13(11-21)9-15(17)12-25-19/h3-9,12,18,22H,2,10H2,1H3. The summed E-state index contributed by atoms with van der Waals surface area (Å²) in [4.78, 5) is 12.4. The summed E-state index contributed by atoms with van der Waals surface area (Å²) >= 11 is 0. The van der Waals surface area contributed by atoms with Gasteiger partial charge in [0.15, 0.2) is 0 Å². The molecule has 0 aliphatic heterocycles. The maximum atomic E-state index is 12.4. The zero-order chi connectivity index (χ0) is 17.8. The van der Waals surface area contributed by atoms with Gasteiger partial charge in [-0.15, -0.1) is 0 Å². The molecule has 2 aromatic carbocycles. The smallest absolute Gasteiger partial charge is 0.313 e. The van der Waals surface area contributed by atoms with Crippen LogP contribution in [0.15, 0.2) is 53.1 Å². The normalized spacial score (nSPS) is 11.8. The van der Waals surface area contributed by atoms with E-state index in [-0.39, 0.29) is 18.3 Å². The topological polar surface area (TPSA) is 83.5 Å². The highest BCUT2D eigenvalue weighted by atomic mass is 16.5. The quantitative estimate of drug-likeness (QED) is 0.715. The molecule has 0 bridgehead atoms. The van der Waals surface area contributed by atoms with E-state index in [0.29, 0.717) is 17.7 Å². The fraction of sp³-hybridized carbons (Fsp3) is 0.200. The molecule has 0 amide bonds. The minimum absolute atomic E-state index is 0.138. The van der Waals surface area contributed by atoms with Gasteiger partial charge >= 0.3 is 5.97 Å². The summed E-state index contributed by atoms with van der Waals surface area (Å²) in [5.41, 5.74) is 1.30. The van der Waals surface area contributed by atoms with E-state index < -0.39 is 5.92 Å². The molecule has 0 spiro atoms. The number of aromatic hydroxyl groups is 1. The molecule has 0 radical (unpaired) electrons. The molecular formula is C20H17NO4. The number of carbonyl (C=O) groups is 1. The molecule has 3 aromatic rings. The summed E-state index contributed by atoms with van der Waals surface area (Å²) in [6, 6.07) is 13.9. The first-order chi connectivity index (χ1) is 12.1. The van der Waals surface area contributed by atoms with Crippen molar-refractivity contribution < 1.29 is 19.1 Å². The molecule has 0 saturated heterocycles. The fourth-order valence-electron chi connectivity index (χ4n) is 2.81. The predicted octanol–water partition coefficient (Wildman–Crippen LogP) is 3.90. The fourth-order valence-corrected chi connectivity index (χ4v) is 2.81. The Hall–Kier alpha value is -3.26. The highest BCUT2D eigenvalue weighted by molar-refractivity contribution is 5.86. The second-order valence-corrected chi connectivity index (χ2v) is 5.67. The van der Waals surface area contributed by atoms with E-state index in [1.54, 1.807) is 49.6 Å². The van der Waals surface area contributed by atoms with Gasteiger partial charge in [0.2, 0.25) is 0 Å². The molecule has 5 nitrogen and oxygen atoms in total. The Labute approximate surface area is 145 Å². The van der Waals surface area contributed by atoms with Gasteiger partial charge in [-0.3, -0.25) is 4.79 Å². The number of rotatable bonds is 5. The molecule has 1 unspecified atom stereocenters. The summed E-state index contributed by atoms with van der Waals surface area (Å²) in [6.45, 7) is 2.05. The van der Waals surface area contributed by atoms with Crippen molar-refractivity contribution in [2.45, 2.75) is 19.3 Å². The molecule has 1 N–H and O–H groups in total. The molecule has 1 heterocycles. The third kappa shape index (κ3) is 3.48. The number of hydrogen-bond acceptors (Lipinski definition) is 5. The lowest BCUT2D eigenvalue weighted by Gasteiger charge is -2.15. The van der Waals surface area contributed by atoms with Crippen molar-refractivity contribution in [2.75, 3.05) is 6.61 Å². The second kappa shape index (κ2) is 7.10. The summed E-state index contributed by atoms with van der Waals surface area (Å²) in [5, 5.41) is 20.1. The van der Waals surface area contributed by atoms with Gasteiger partial charge in [0.25, 0.3) is 0 Å². The zero-order valence-corrected chi connectivity index (χ0v) is 13.7. The molecule has 0 fully saturated rings. The van der Waals surface area contributed by atoms with Gasteiger partial charge in [-0.05, 0) is 42.8 Å². The molecule has 1 atom stereocenters. The van der Waals surface area contributed by atoms with Crippen molar-refractivity contribution in [2.24, 2.45) is 0 Å². The monoisotopic (exact) mass is 335 g/mol. The van der Waals surface area contributed by atoms with Crippen molar-refractivity contribution in [1.29, 1.82) is 5.26 Å². The first-order valence-corrected chi connectivity index (χ1v) is 7.98. The number of nitrogens with zero attached hydrogens (tertiary/aromatic N) is 1. The van der Waals surface area contributed by atoms with Crippen molar-refractivity contribution in [3.05, 3.63) is 65.6 Å². The molecule has 0 saturated carbocycles. The van der Waals surface area contributed by atoms with Crippen LogP contribution in [0, 0.1) is 11.3 Å². The van der Waals surface area contributed by atoms with Crippen LogP contribution in [0.3, 0.4) is 0 Å². The van der Waals surface area contributed by atoms with E-state index in [4.69, 9.17) is 14.4 Å². The first kappa shape index (κ1) is 16.6. The number of fused-ring (bicyclic) bond motifs is 1. The lowest BCUT2D eigenvalue weighted by atomic mass is 9.93. The first-order valence-electron chi connectivity index (χ1n) is 7.98. The van der Waals surface area contributed by atoms with Gasteiger partial charge in [0.1, 0.15) is 11.5 Å². The van der Waals surface area contributed by atoms with Crippen LogP contribution in [0.1, 0.15) is 29.7 Å². The van der Waals surface area contributed by atoms with Gasteiger partial charge in [0, 0.05) is 17.2 Å². The van der Waals surface area contributed by atoms with Gasteiger partial charge in [0.05, 0.1) is 30.4 Å². The SMILES string of the molecule is CCOC(=O)C(Cc1occ2cc(C#N)ccc12)c1ccc(O)cc1. The maximum Gasteiger partial charge on any atom is 0.313 e. The number of phenols is 1. The van der Waals surface area contributed by atoms with Crippen LogP contribution in [0.25, 0.3) is 10.8 Å². The highest BCUT2D eigenvalue weighted by Crippen LogP contribution is 2.29. The number of ether oxygens (including phenoxy) is 1. The van der Waals surface area contributed by atoms with Crippen LogP contribution in [0.4, 0.5) is 0 Å². The number of esters is 1. The summed E-state index contributed by atoms with van der Waals surface area (Å²) < 4.78 is 10.9. The van der Waals surface area contributed by atoms with Gasteiger partial charge in [-0.1, -0.05) is 12.1 Å². The van der Waals surface area contributed by atoms with Crippen LogP contribution in [-0.4, -0.2) is 17.7 Å². The Morgan fingerprint density at radius 2 is 2.04 bits per heavy atom. The van der Waals surface area contributed by atoms with Crippen molar-refractivity contribution in [3.8, 4) is 11.8 Å². The third-order valence-electron chi connectivity index (χ3n) is 4.07. The second-order valence-electron chi connectivity index (χ2n) is 5.67. The van der Waals surface area contributed by atoms with E-state index in [1.165, 1.54) is 0 Å². The van der Waals surface area contributed by atoms with E-state index in [1.807, 2.05) is 6.07 Å². The van der Waals surface area contributed by atoms with Gasteiger partial charge in [-0.25, -0.2) is 0 Å². The van der Waals surface area contributed by atoms with E-state index in [0.717, 1.165) is 16.3 Å². The van der Waals surface area contributed by atoms with Gasteiger partial charge < -0.3 is 14.3 Å². The Morgan fingerprint density at radius 1 is 1.28 bits per heavy atom. The van der Waals surface area contributed by atoms with E-state index in [2.05, 4.69) is 6.07 Å². The minimum Gasteiger partial charge on any atom is -0.508 e. The minimum atomic E-state index is -0.537. The Morgan fingerprint density at radius 3 is 2.72 bits per heavy atom. The number of furan rings is 1. The average Bonchev–Trinajstić information content (AvgIpc) is 3.02. The van der Waals surface area contributed by atoms with Crippen molar-refractivity contribution in [1.82, 2.24) is 0 Å².